The highest BCUT2D eigenvalue weighted by atomic mass is 16.6. The van der Waals surface area contributed by atoms with Crippen LogP contribution in [0, 0.1) is 0 Å². The number of aliphatic hydroxyl groups excluding tert-OH is 3. The van der Waals surface area contributed by atoms with E-state index in [4.69, 9.17) is 19.3 Å². The number of carbonyl (C=O) groups is 3. The molecule has 0 aliphatic heterocycles. The Balaban J connectivity index is 2.73. The Hall–Kier alpha value is -2.69. The lowest BCUT2D eigenvalue weighted by Gasteiger charge is -2.23. The van der Waals surface area contributed by atoms with Crippen LogP contribution in [0.3, 0.4) is 0 Å². The van der Waals surface area contributed by atoms with Crippen molar-refractivity contribution in [2.24, 2.45) is 0 Å². The molecule has 0 saturated heterocycles. The molecule has 10 nitrogen and oxygen atoms in total. The number of esters is 1. The third kappa shape index (κ3) is 9.77. The molecule has 0 aliphatic carbocycles. The molecule has 10 heteroatoms. The van der Waals surface area contributed by atoms with Crippen LogP contribution in [0.25, 0.3) is 0 Å². The van der Waals surface area contributed by atoms with E-state index in [2.05, 4.69) is 5.32 Å². The lowest BCUT2D eigenvalue weighted by Crippen LogP contribution is -2.45. The summed E-state index contributed by atoms with van der Waals surface area (Å²) in [6, 6.07) is 5.48. The SMILES string of the molecule is CCOC(=O)[C@H](Cc1ccc(OC[C@@H](O)[C@H](O)C(=O)CO)cc1)NC(=O)OC(C)(C)C. The van der Waals surface area contributed by atoms with Crippen molar-refractivity contribution in [2.75, 3.05) is 19.8 Å². The average molecular weight is 441 g/mol. The van der Waals surface area contributed by atoms with Gasteiger partial charge in [-0.3, -0.25) is 4.79 Å². The van der Waals surface area contributed by atoms with Gasteiger partial charge in [-0.1, -0.05) is 12.1 Å². The summed E-state index contributed by atoms with van der Waals surface area (Å²) in [7, 11) is 0. The lowest BCUT2D eigenvalue weighted by molar-refractivity contribution is -0.145. The standard InChI is InChI=1S/C21H31NO9/c1-5-29-19(27)15(22-20(28)31-21(2,3)4)10-13-6-8-14(9-7-13)30-12-17(25)18(26)16(24)11-23/h6-9,15,17-18,23,25-26H,5,10-12H2,1-4H3,(H,22,28)/t15-,17+,18+/m0/s1. The number of amides is 1. The monoisotopic (exact) mass is 441 g/mol. The summed E-state index contributed by atoms with van der Waals surface area (Å²) >= 11 is 0. The van der Waals surface area contributed by atoms with Crippen LogP contribution in [0.2, 0.25) is 0 Å². The summed E-state index contributed by atoms with van der Waals surface area (Å²) in [6.45, 7) is 5.70. The molecule has 0 unspecified atom stereocenters. The number of rotatable bonds is 11. The maximum atomic E-state index is 12.2. The molecule has 1 rings (SSSR count). The second-order valence-electron chi connectivity index (χ2n) is 7.75. The first kappa shape index (κ1) is 26.3. The van der Waals surface area contributed by atoms with Crippen molar-refractivity contribution in [3.05, 3.63) is 29.8 Å². The number of nitrogens with one attached hydrogen (secondary N) is 1. The molecule has 1 aromatic carbocycles. The molecule has 0 aliphatic rings. The van der Waals surface area contributed by atoms with Gasteiger partial charge >= 0.3 is 12.1 Å². The smallest absolute Gasteiger partial charge is 0.408 e. The maximum Gasteiger partial charge on any atom is 0.408 e. The predicted octanol–water partition coefficient (Wildman–Crippen LogP) is 0.348. The van der Waals surface area contributed by atoms with Crippen LogP contribution in [0.5, 0.6) is 5.75 Å². The van der Waals surface area contributed by atoms with Crippen molar-refractivity contribution in [1.82, 2.24) is 5.32 Å². The highest BCUT2D eigenvalue weighted by molar-refractivity contribution is 5.84. The summed E-state index contributed by atoms with van der Waals surface area (Å²) in [5, 5.41) is 30.4. The molecule has 4 N–H and O–H groups in total. The summed E-state index contributed by atoms with van der Waals surface area (Å²) < 4.78 is 15.5. The Morgan fingerprint density at radius 3 is 2.23 bits per heavy atom. The van der Waals surface area contributed by atoms with Gasteiger partial charge in [0.25, 0.3) is 0 Å². The molecule has 3 atom stereocenters. The van der Waals surface area contributed by atoms with E-state index < -0.39 is 48.3 Å². The number of carbonyl (C=O) groups excluding carboxylic acids is 3. The van der Waals surface area contributed by atoms with E-state index in [1.54, 1.807) is 52.0 Å². The van der Waals surface area contributed by atoms with Crippen molar-refractivity contribution >= 4 is 17.8 Å². The topological polar surface area (TPSA) is 152 Å². The fourth-order valence-corrected chi connectivity index (χ4v) is 2.42. The van der Waals surface area contributed by atoms with Gasteiger partial charge in [0, 0.05) is 6.42 Å². The van der Waals surface area contributed by atoms with Gasteiger partial charge in [0.05, 0.1) is 6.61 Å². The van der Waals surface area contributed by atoms with E-state index in [1.807, 2.05) is 0 Å². The lowest BCUT2D eigenvalue weighted by atomic mass is 10.1. The van der Waals surface area contributed by atoms with Crippen molar-refractivity contribution in [2.45, 2.75) is 58.0 Å². The summed E-state index contributed by atoms with van der Waals surface area (Å²) in [4.78, 5) is 35.4. The number of alkyl carbamates (subject to hydrolysis) is 1. The Labute approximate surface area is 181 Å². The molecule has 1 aromatic rings. The van der Waals surface area contributed by atoms with E-state index in [1.165, 1.54) is 0 Å². The van der Waals surface area contributed by atoms with Crippen LogP contribution in [0.4, 0.5) is 4.79 Å². The molecule has 0 saturated carbocycles. The van der Waals surface area contributed by atoms with Crippen LogP contribution in [0.15, 0.2) is 24.3 Å². The molecule has 0 radical (unpaired) electrons. The normalized spacial score (nSPS) is 14.2. The minimum Gasteiger partial charge on any atom is -0.491 e. The first-order chi connectivity index (χ1) is 14.5. The number of aliphatic hydroxyl groups is 3. The highest BCUT2D eigenvalue weighted by Gasteiger charge is 2.26. The van der Waals surface area contributed by atoms with E-state index >= 15 is 0 Å². The Kier molecular flexibility index (Phi) is 10.4. The second kappa shape index (κ2) is 12.2. The third-order valence-corrected chi connectivity index (χ3v) is 3.90. The van der Waals surface area contributed by atoms with Gasteiger partial charge in [0.2, 0.25) is 0 Å². The summed E-state index contributed by atoms with van der Waals surface area (Å²) in [6.07, 6.45) is -3.83. The predicted molar refractivity (Wildman–Crippen MR) is 110 cm³/mol. The second-order valence-corrected chi connectivity index (χ2v) is 7.75. The van der Waals surface area contributed by atoms with Crippen molar-refractivity contribution in [1.29, 1.82) is 0 Å². The Morgan fingerprint density at radius 1 is 1.10 bits per heavy atom. The number of ketones is 1. The van der Waals surface area contributed by atoms with Crippen LogP contribution < -0.4 is 10.1 Å². The van der Waals surface area contributed by atoms with Gasteiger partial charge in [-0.25, -0.2) is 9.59 Å². The molecule has 0 spiro atoms. The largest absolute Gasteiger partial charge is 0.491 e. The molecule has 0 fully saturated rings. The molecular weight excluding hydrogens is 410 g/mol. The zero-order chi connectivity index (χ0) is 23.6. The fraction of sp³-hybridized carbons (Fsp3) is 0.571. The van der Waals surface area contributed by atoms with Crippen molar-refractivity contribution in [3.63, 3.8) is 0 Å². The van der Waals surface area contributed by atoms with Crippen LogP contribution >= 0.6 is 0 Å². The number of hydrogen-bond acceptors (Lipinski definition) is 9. The molecule has 31 heavy (non-hydrogen) atoms. The molecule has 174 valence electrons. The Morgan fingerprint density at radius 2 is 1.71 bits per heavy atom. The minimum absolute atomic E-state index is 0.144. The van der Waals surface area contributed by atoms with E-state index in [0.717, 1.165) is 0 Å². The zero-order valence-corrected chi connectivity index (χ0v) is 18.2. The molecule has 0 aromatic heterocycles. The summed E-state index contributed by atoms with van der Waals surface area (Å²) in [5.74, 6) is -1.16. The van der Waals surface area contributed by atoms with E-state index in [-0.39, 0.29) is 19.6 Å². The van der Waals surface area contributed by atoms with Gasteiger partial charge in [-0.2, -0.15) is 0 Å². The first-order valence-electron chi connectivity index (χ1n) is 9.84. The van der Waals surface area contributed by atoms with E-state index in [9.17, 15) is 24.6 Å². The maximum absolute atomic E-state index is 12.2. The minimum atomic E-state index is -1.74. The molecule has 0 bridgehead atoms. The highest BCUT2D eigenvalue weighted by Crippen LogP contribution is 2.15. The first-order valence-corrected chi connectivity index (χ1v) is 9.84. The quantitative estimate of drug-likeness (QED) is 0.356. The van der Waals surface area contributed by atoms with Gasteiger partial charge in [-0.15, -0.1) is 0 Å². The number of Topliss-reactive ketones (excluding diaryl/α,β-unsaturated/α-hetero) is 1. The molecular formula is C21H31NO9. The zero-order valence-electron chi connectivity index (χ0n) is 18.2. The Bertz CT molecular complexity index is 727. The molecule has 1 amide bonds. The van der Waals surface area contributed by atoms with Gasteiger partial charge in [-0.05, 0) is 45.4 Å². The van der Waals surface area contributed by atoms with Crippen molar-refractivity contribution in [3.8, 4) is 5.75 Å². The van der Waals surface area contributed by atoms with E-state index in [0.29, 0.717) is 11.3 Å². The number of ether oxygens (including phenoxy) is 3. The van der Waals surface area contributed by atoms with Crippen LogP contribution in [0.1, 0.15) is 33.3 Å². The fourth-order valence-electron chi connectivity index (χ4n) is 2.42. The number of benzene rings is 1. The van der Waals surface area contributed by atoms with Gasteiger partial charge in [0.1, 0.15) is 42.8 Å². The third-order valence-electron chi connectivity index (χ3n) is 3.90. The summed E-state index contributed by atoms with van der Waals surface area (Å²) in [5.41, 5.74) is -0.0279. The van der Waals surface area contributed by atoms with Crippen LogP contribution in [-0.2, 0) is 25.5 Å². The average Bonchev–Trinajstić information content (AvgIpc) is 2.70. The van der Waals surface area contributed by atoms with Gasteiger partial charge in [0.15, 0.2) is 5.78 Å². The van der Waals surface area contributed by atoms with Gasteiger partial charge < -0.3 is 34.8 Å². The number of hydrogen-bond donors (Lipinski definition) is 4. The van der Waals surface area contributed by atoms with Crippen LogP contribution in [-0.4, -0.2) is 76.8 Å². The molecule has 0 heterocycles. The van der Waals surface area contributed by atoms with Crippen molar-refractivity contribution < 1.29 is 43.9 Å².